The number of sulfonamides is 1. The molecule has 1 aromatic heterocycles. The summed E-state index contributed by atoms with van der Waals surface area (Å²) in [5.74, 6) is 0.299. The normalized spacial score (nSPS) is 13.8. The first-order valence-electron chi connectivity index (χ1n) is 7.17. The van der Waals surface area contributed by atoms with Gasteiger partial charge < -0.3 is 13.9 Å². The van der Waals surface area contributed by atoms with Crippen LogP contribution in [0.15, 0.2) is 44.4 Å². The fourth-order valence-corrected chi connectivity index (χ4v) is 4.07. The van der Waals surface area contributed by atoms with Crippen LogP contribution in [0.2, 0.25) is 5.02 Å². The molecule has 1 aliphatic rings. The van der Waals surface area contributed by atoms with Crippen LogP contribution in [-0.2, 0) is 10.0 Å². The van der Waals surface area contributed by atoms with E-state index in [9.17, 15) is 13.2 Å². The third kappa shape index (κ3) is 2.92. The molecular formula is C15H11ClN2O6S. The van der Waals surface area contributed by atoms with E-state index in [1.807, 2.05) is 0 Å². The van der Waals surface area contributed by atoms with Gasteiger partial charge in [0.1, 0.15) is 18.1 Å². The van der Waals surface area contributed by atoms with Crippen LogP contribution in [0.1, 0.15) is 0 Å². The molecule has 0 spiro atoms. The Labute approximate surface area is 146 Å². The topological polar surface area (TPSA) is 111 Å². The molecule has 2 N–H and O–H groups in total. The average Bonchev–Trinajstić information content (AvgIpc) is 2.92. The highest BCUT2D eigenvalue weighted by molar-refractivity contribution is 7.92. The molecule has 0 unspecified atom stereocenters. The smallest absolute Gasteiger partial charge is 0.417 e. The summed E-state index contributed by atoms with van der Waals surface area (Å²) in [6.07, 6.45) is 0. The first-order valence-corrected chi connectivity index (χ1v) is 9.03. The van der Waals surface area contributed by atoms with Gasteiger partial charge in [0.15, 0.2) is 17.1 Å². The van der Waals surface area contributed by atoms with Gasteiger partial charge in [0.2, 0.25) is 0 Å². The van der Waals surface area contributed by atoms with Crippen molar-refractivity contribution < 1.29 is 22.3 Å². The van der Waals surface area contributed by atoms with Gasteiger partial charge in [-0.1, -0.05) is 11.6 Å². The molecule has 2 aromatic carbocycles. The maximum atomic E-state index is 12.6. The second-order valence-electron chi connectivity index (χ2n) is 5.26. The zero-order valence-corrected chi connectivity index (χ0v) is 14.1. The van der Waals surface area contributed by atoms with E-state index >= 15 is 0 Å². The molecule has 25 heavy (non-hydrogen) atoms. The number of H-pyrrole nitrogens is 1. The van der Waals surface area contributed by atoms with Crippen molar-refractivity contribution in [2.75, 3.05) is 17.9 Å². The van der Waals surface area contributed by atoms with Gasteiger partial charge in [0, 0.05) is 12.1 Å². The monoisotopic (exact) mass is 382 g/mol. The highest BCUT2D eigenvalue weighted by Gasteiger charge is 2.22. The van der Waals surface area contributed by atoms with Gasteiger partial charge in [0.05, 0.1) is 16.2 Å². The minimum atomic E-state index is -4.01. The molecule has 0 radical (unpaired) electrons. The number of aromatic amines is 1. The molecule has 8 nitrogen and oxygen atoms in total. The number of hydrogen-bond acceptors (Lipinski definition) is 6. The Morgan fingerprint density at radius 3 is 2.64 bits per heavy atom. The van der Waals surface area contributed by atoms with Crippen LogP contribution in [0.3, 0.4) is 0 Å². The number of anilines is 1. The number of halogens is 1. The lowest BCUT2D eigenvalue weighted by Gasteiger charge is -2.19. The van der Waals surface area contributed by atoms with E-state index in [-0.39, 0.29) is 21.2 Å². The maximum absolute atomic E-state index is 12.6. The summed E-state index contributed by atoms with van der Waals surface area (Å²) in [5.41, 5.74) is 0.696. The summed E-state index contributed by atoms with van der Waals surface area (Å²) in [6.45, 7) is 0.827. The molecule has 2 heterocycles. The highest BCUT2D eigenvalue weighted by atomic mass is 35.5. The summed E-state index contributed by atoms with van der Waals surface area (Å²) in [4.78, 5) is 13.4. The molecule has 10 heteroatoms. The van der Waals surface area contributed by atoms with Gasteiger partial charge in [-0.3, -0.25) is 9.71 Å². The van der Waals surface area contributed by atoms with Crippen molar-refractivity contribution in [2.24, 2.45) is 0 Å². The second-order valence-corrected chi connectivity index (χ2v) is 7.32. The summed E-state index contributed by atoms with van der Waals surface area (Å²) < 4.78 is 43.4. The van der Waals surface area contributed by atoms with Crippen molar-refractivity contribution in [3.8, 4) is 11.5 Å². The van der Waals surface area contributed by atoms with Gasteiger partial charge in [-0.25, -0.2) is 13.2 Å². The van der Waals surface area contributed by atoms with Crippen LogP contribution in [0, 0.1) is 0 Å². The van der Waals surface area contributed by atoms with Crippen molar-refractivity contribution in [3.63, 3.8) is 0 Å². The molecule has 0 amide bonds. The van der Waals surface area contributed by atoms with Gasteiger partial charge in [-0.2, -0.15) is 0 Å². The Bertz CT molecular complexity index is 1130. The third-order valence-electron chi connectivity index (χ3n) is 3.56. The predicted molar refractivity (Wildman–Crippen MR) is 90.1 cm³/mol. The minimum Gasteiger partial charge on any atom is -0.486 e. The van der Waals surface area contributed by atoms with Crippen LogP contribution < -0.4 is 20.0 Å². The lowest BCUT2D eigenvalue weighted by molar-refractivity contribution is 0.171. The van der Waals surface area contributed by atoms with Crippen molar-refractivity contribution in [1.29, 1.82) is 0 Å². The molecule has 0 saturated heterocycles. The molecule has 0 bridgehead atoms. The Balaban J connectivity index is 1.72. The quantitative estimate of drug-likeness (QED) is 0.719. The summed E-state index contributed by atoms with van der Waals surface area (Å²) in [6, 6.07) is 7.20. The lowest BCUT2D eigenvalue weighted by atomic mass is 10.3. The fourth-order valence-electron chi connectivity index (χ4n) is 2.48. The lowest BCUT2D eigenvalue weighted by Crippen LogP contribution is -2.17. The van der Waals surface area contributed by atoms with Crippen LogP contribution >= 0.6 is 11.6 Å². The third-order valence-corrected chi connectivity index (χ3v) is 5.40. The Hall–Kier alpha value is -2.65. The summed E-state index contributed by atoms with van der Waals surface area (Å²) in [5, 5.41) is -0.0467. The number of aromatic nitrogens is 1. The Morgan fingerprint density at radius 2 is 1.84 bits per heavy atom. The Morgan fingerprint density at radius 1 is 1.08 bits per heavy atom. The van der Waals surface area contributed by atoms with Crippen LogP contribution in [0.5, 0.6) is 11.5 Å². The first-order chi connectivity index (χ1) is 11.9. The van der Waals surface area contributed by atoms with Crippen molar-refractivity contribution in [2.45, 2.75) is 4.90 Å². The maximum Gasteiger partial charge on any atom is 0.417 e. The molecule has 0 fully saturated rings. The van der Waals surface area contributed by atoms with Crippen LogP contribution in [0.25, 0.3) is 11.1 Å². The first kappa shape index (κ1) is 15.9. The molecular weight excluding hydrogens is 372 g/mol. The van der Waals surface area contributed by atoms with E-state index in [1.165, 1.54) is 18.2 Å². The predicted octanol–water partition coefficient (Wildman–Crippen LogP) is 2.35. The van der Waals surface area contributed by atoms with E-state index in [2.05, 4.69) is 9.71 Å². The number of oxazole rings is 1. The highest BCUT2D eigenvalue weighted by Crippen LogP contribution is 2.34. The molecule has 3 aromatic rings. The Kier molecular flexibility index (Phi) is 3.62. The zero-order valence-electron chi connectivity index (χ0n) is 12.5. The van der Waals surface area contributed by atoms with E-state index < -0.39 is 15.8 Å². The average molecular weight is 383 g/mol. The fraction of sp³-hybridized carbons (Fsp3) is 0.133. The van der Waals surface area contributed by atoms with Crippen LogP contribution in [0.4, 0.5) is 5.69 Å². The van der Waals surface area contributed by atoms with Gasteiger partial charge in [-0.15, -0.1) is 0 Å². The zero-order chi connectivity index (χ0) is 17.6. The van der Waals surface area contributed by atoms with E-state index in [0.29, 0.717) is 30.2 Å². The van der Waals surface area contributed by atoms with E-state index in [1.54, 1.807) is 12.1 Å². The standard InChI is InChI=1S/C15H11ClN2O6S/c16-9-6-10-12(24-15(19)17-10)7-14(9)25(20,21)18-8-1-2-11-13(5-8)23-4-3-22-11/h1-2,5-7,18H,3-4H2,(H,17,19). The molecule has 130 valence electrons. The van der Waals surface area contributed by atoms with Crippen molar-refractivity contribution >= 4 is 38.4 Å². The molecule has 1 aliphatic heterocycles. The van der Waals surface area contributed by atoms with Gasteiger partial charge in [-0.05, 0) is 18.2 Å². The number of fused-ring (bicyclic) bond motifs is 2. The number of benzene rings is 2. The SMILES string of the molecule is O=c1[nH]c2cc(Cl)c(S(=O)(=O)Nc3ccc4c(c3)OCCO4)cc2o1. The number of nitrogens with one attached hydrogen (secondary N) is 2. The molecule has 4 rings (SSSR count). The minimum absolute atomic E-state index is 0.0467. The number of rotatable bonds is 3. The summed E-state index contributed by atoms with van der Waals surface area (Å²) >= 11 is 6.05. The van der Waals surface area contributed by atoms with Crippen LogP contribution in [-0.4, -0.2) is 26.6 Å². The van der Waals surface area contributed by atoms with Gasteiger partial charge in [0.25, 0.3) is 10.0 Å². The molecule has 0 aliphatic carbocycles. The molecule has 0 atom stereocenters. The van der Waals surface area contributed by atoms with E-state index in [4.69, 9.17) is 25.5 Å². The second kappa shape index (κ2) is 5.71. The van der Waals surface area contributed by atoms with Crippen molar-refractivity contribution in [1.82, 2.24) is 4.98 Å². The number of ether oxygens (including phenoxy) is 2. The largest absolute Gasteiger partial charge is 0.486 e. The van der Waals surface area contributed by atoms with Gasteiger partial charge >= 0.3 is 5.76 Å². The van der Waals surface area contributed by atoms with Crippen molar-refractivity contribution in [3.05, 3.63) is 45.9 Å². The summed E-state index contributed by atoms with van der Waals surface area (Å²) in [7, 11) is -4.01. The number of hydrogen-bond donors (Lipinski definition) is 2. The molecule has 0 saturated carbocycles. The van der Waals surface area contributed by atoms with E-state index in [0.717, 1.165) is 0 Å².